The Balaban J connectivity index is 4.14. The molecule has 0 aliphatic heterocycles. The number of aliphatic carboxylic acids is 1. The highest BCUT2D eigenvalue weighted by Gasteiger charge is 2.27. The summed E-state index contributed by atoms with van der Waals surface area (Å²) in [5.41, 5.74) is -1.67. The van der Waals surface area contributed by atoms with E-state index in [4.69, 9.17) is 5.11 Å². The van der Waals surface area contributed by atoms with Crippen molar-refractivity contribution in [1.82, 2.24) is 16.0 Å². The van der Waals surface area contributed by atoms with Gasteiger partial charge in [0.25, 0.3) is 0 Å². The molecule has 0 aromatic carbocycles. The summed E-state index contributed by atoms with van der Waals surface area (Å²) in [5.74, 6) is -1.67. The predicted molar refractivity (Wildman–Crippen MR) is 66.1 cm³/mol. The molecule has 0 bridgehead atoms. The van der Waals surface area contributed by atoms with Crippen LogP contribution in [0.2, 0.25) is 0 Å². The monoisotopic (exact) mass is 259 g/mol. The minimum Gasteiger partial charge on any atom is -0.480 e. The molecule has 0 heterocycles. The highest BCUT2D eigenvalue weighted by Crippen LogP contribution is 2.00. The summed E-state index contributed by atoms with van der Waals surface area (Å²) in [6.07, 6.45) is 0. The maximum absolute atomic E-state index is 11.4. The highest BCUT2D eigenvalue weighted by atomic mass is 16.4. The van der Waals surface area contributed by atoms with Gasteiger partial charge in [-0.2, -0.15) is 0 Å². The second-order valence-electron chi connectivity index (χ2n) is 5.54. The molecule has 4 N–H and O–H groups in total. The summed E-state index contributed by atoms with van der Waals surface area (Å²) in [6, 6.07) is -0.609. The van der Waals surface area contributed by atoms with Gasteiger partial charge in [0.05, 0.1) is 6.54 Å². The van der Waals surface area contributed by atoms with Crippen molar-refractivity contribution in [2.45, 2.75) is 45.7 Å². The Morgan fingerprint density at radius 2 is 1.56 bits per heavy atom. The Labute approximate surface area is 106 Å². The van der Waals surface area contributed by atoms with Crippen LogP contribution in [0.15, 0.2) is 0 Å². The molecule has 0 aliphatic carbocycles. The molecule has 0 saturated carbocycles. The molecule has 0 aromatic rings. The molecular formula is C11H21N3O4. The maximum Gasteiger partial charge on any atom is 0.323 e. The van der Waals surface area contributed by atoms with E-state index >= 15 is 0 Å². The minimum absolute atomic E-state index is 0.253. The van der Waals surface area contributed by atoms with Crippen LogP contribution in [0.3, 0.4) is 0 Å². The summed E-state index contributed by atoms with van der Waals surface area (Å²) in [6.45, 7) is 7.95. The van der Waals surface area contributed by atoms with E-state index in [0.717, 1.165) is 0 Å². The van der Waals surface area contributed by atoms with Crippen molar-refractivity contribution in [2.24, 2.45) is 0 Å². The quantitative estimate of drug-likeness (QED) is 0.571. The Hall–Kier alpha value is -1.63. The van der Waals surface area contributed by atoms with Crippen molar-refractivity contribution in [3.63, 3.8) is 0 Å². The molecule has 7 heteroatoms. The first kappa shape index (κ1) is 16.4. The van der Waals surface area contributed by atoms with Crippen LogP contribution in [0.5, 0.6) is 0 Å². The van der Waals surface area contributed by atoms with Gasteiger partial charge in [-0.25, -0.2) is 4.79 Å². The first-order valence-corrected chi connectivity index (χ1v) is 5.54. The second kappa shape index (κ2) is 5.81. The van der Waals surface area contributed by atoms with Crippen LogP contribution in [0.25, 0.3) is 0 Å². The van der Waals surface area contributed by atoms with Crippen molar-refractivity contribution in [3.8, 4) is 0 Å². The summed E-state index contributed by atoms with van der Waals surface area (Å²) in [4.78, 5) is 33.5. The molecule has 0 unspecified atom stereocenters. The van der Waals surface area contributed by atoms with Crippen LogP contribution in [0.4, 0.5) is 4.79 Å². The van der Waals surface area contributed by atoms with Crippen molar-refractivity contribution in [3.05, 3.63) is 0 Å². The lowest BCUT2D eigenvalue weighted by molar-refractivity contribution is -0.143. The number of imide groups is 1. The topological polar surface area (TPSA) is 108 Å². The molecule has 7 nitrogen and oxygen atoms in total. The van der Waals surface area contributed by atoms with E-state index in [0.29, 0.717) is 0 Å². The van der Waals surface area contributed by atoms with Crippen LogP contribution in [0, 0.1) is 0 Å². The van der Waals surface area contributed by atoms with E-state index < -0.39 is 29.0 Å². The maximum atomic E-state index is 11.4. The Morgan fingerprint density at radius 1 is 1.06 bits per heavy atom. The number of carboxylic acid groups (broad SMARTS) is 1. The molecule has 0 atom stereocenters. The number of carbonyl (C=O) groups excluding carboxylic acids is 2. The molecule has 0 fully saturated rings. The smallest absolute Gasteiger partial charge is 0.323 e. The van der Waals surface area contributed by atoms with Gasteiger partial charge >= 0.3 is 12.0 Å². The molecule has 0 saturated heterocycles. The zero-order chi connectivity index (χ0) is 14.6. The number of urea groups is 1. The molecule has 0 radical (unpaired) electrons. The molecule has 104 valence electrons. The van der Waals surface area contributed by atoms with E-state index in [1.807, 2.05) is 0 Å². The molecule has 18 heavy (non-hydrogen) atoms. The summed E-state index contributed by atoms with van der Waals surface area (Å²) < 4.78 is 0. The third kappa shape index (κ3) is 6.85. The van der Waals surface area contributed by atoms with Crippen LogP contribution >= 0.6 is 0 Å². The normalized spacial score (nSPS) is 11.8. The molecule has 0 aromatic heterocycles. The van der Waals surface area contributed by atoms with Gasteiger partial charge < -0.3 is 10.4 Å². The fourth-order valence-corrected chi connectivity index (χ4v) is 0.920. The average molecular weight is 259 g/mol. The highest BCUT2D eigenvalue weighted by molar-refractivity contribution is 5.95. The fourth-order valence-electron chi connectivity index (χ4n) is 0.920. The number of carbonyl (C=O) groups is 3. The minimum atomic E-state index is -1.22. The van der Waals surface area contributed by atoms with E-state index in [1.165, 1.54) is 13.8 Å². The van der Waals surface area contributed by atoms with Gasteiger partial charge in [0.1, 0.15) is 5.54 Å². The number of carboxylic acids is 1. The third-order valence-corrected chi connectivity index (χ3v) is 1.97. The number of hydrogen-bond donors (Lipinski definition) is 4. The van der Waals surface area contributed by atoms with Crippen molar-refractivity contribution < 1.29 is 19.5 Å². The largest absolute Gasteiger partial charge is 0.480 e. The Bertz CT molecular complexity index is 345. The zero-order valence-electron chi connectivity index (χ0n) is 11.4. The first-order valence-electron chi connectivity index (χ1n) is 5.54. The van der Waals surface area contributed by atoms with Crippen LogP contribution < -0.4 is 16.0 Å². The number of amides is 3. The molecule has 0 aliphatic rings. The van der Waals surface area contributed by atoms with E-state index in [9.17, 15) is 14.4 Å². The van der Waals surface area contributed by atoms with Gasteiger partial charge in [-0.3, -0.25) is 20.2 Å². The van der Waals surface area contributed by atoms with Gasteiger partial charge in [-0.1, -0.05) is 0 Å². The van der Waals surface area contributed by atoms with Crippen LogP contribution in [-0.4, -0.2) is 40.6 Å². The SMILES string of the molecule is CC(C)(C)NC(=O)NC(=O)CNC(C)(C)C(=O)O. The number of nitrogens with one attached hydrogen (secondary N) is 3. The van der Waals surface area contributed by atoms with Crippen molar-refractivity contribution in [1.29, 1.82) is 0 Å². The van der Waals surface area contributed by atoms with Gasteiger partial charge in [0.15, 0.2) is 0 Å². The first-order chi connectivity index (χ1) is 7.94. The lowest BCUT2D eigenvalue weighted by Gasteiger charge is -2.22. The van der Waals surface area contributed by atoms with Crippen molar-refractivity contribution in [2.75, 3.05) is 6.54 Å². The number of rotatable bonds is 4. The van der Waals surface area contributed by atoms with E-state index in [2.05, 4.69) is 16.0 Å². The standard InChI is InChI=1S/C11H21N3O4/c1-10(2,3)14-9(18)13-7(15)6-12-11(4,5)8(16)17/h12H,6H2,1-5H3,(H,16,17)(H2,13,14,15,18). The predicted octanol–water partition coefficient (Wildman–Crippen LogP) is 0.0635. The second-order valence-corrected chi connectivity index (χ2v) is 5.54. The number of hydrogen-bond acceptors (Lipinski definition) is 4. The van der Waals surface area contributed by atoms with Gasteiger partial charge in [0.2, 0.25) is 5.91 Å². The lowest BCUT2D eigenvalue weighted by atomic mass is 10.1. The van der Waals surface area contributed by atoms with Crippen molar-refractivity contribution >= 4 is 17.9 Å². The Morgan fingerprint density at radius 3 is 1.94 bits per heavy atom. The summed E-state index contributed by atoms with van der Waals surface area (Å²) in [7, 11) is 0. The van der Waals surface area contributed by atoms with E-state index in [1.54, 1.807) is 20.8 Å². The molecule has 0 rings (SSSR count). The molecular weight excluding hydrogens is 238 g/mol. The summed E-state index contributed by atoms with van der Waals surface area (Å²) >= 11 is 0. The van der Waals surface area contributed by atoms with Crippen LogP contribution in [0.1, 0.15) is 34.6 Å². The molecule has 0 spiro atoms. The average Bonchev–Trinajstić information content (AvgIpc) is 2.11. The lowest BCUT2D eigenvalue weighted by Crippen LogP contribution is -2.53. The van der Waals surface area contributed by atoms with Gasteiger partial charge in [0, 0.05) is 5.54 Å². The zero-order valence-corrected chi connectivity index (χ0v) is 11.4. The van der Waals surface area contributed by atoms with Gasteiger partial charge in [-0.05, 0) is 34.6 Å². The molecule has 3 amide bonds. The van der Waals surface area contributed by atoms with Crippen LogP contribution in [-0.2, 0) is 9.59 Å². The Kier molecular flexibility index (Phi) is 5.29. The van der Waals surface area contributed by atoms with Gasteiger partial charge in [-0.15, -0.1) is 0 Å². The third-order valence-electron chi connectivity index (χ3n) is 1.97. The summed E-state index contributed by atoms with van der Waals surface area (Å²) in [5, 5.41) is 16.0. The van der Waals surface area contributed by atoms with E-state index in [-0.39, 0.29) is 6.54 Å². The fraction of sp³-hybridized carbons (Fsp3) is 0.727.